The van der Waals surface area contributed by atoms with E-state index in [1.165, 1.54) is 5.69 Å². The normalized spacial score (nSPS) is 11.4. The zero-order chi connectivity index (χ0) is 25.6. The highest BCUT2D eigenvalue weighted by Gasteiger charge is 2.13. The zero-order valence-corrected chi connectivity index (χ0v) is 24.8. The monoisotopic (exact) mass is 506 g/mol. The minimum Gasteiger partial charge on any atom is -0.383 e. The molecular formula is C24H46N6O2Si2. The van der Waals surface area contributed by atoms with Crippen LogP contribution in [0.1, 0.15) is 17.1 Å². The van der Waals surface area contributed by atoms with Gasteiger partial charge in [0.05, 0.1) is 48.1 Å². The van der Waals surface area contributed by atoms with E-state index >= 15 is 0 Å². The second-order valence-corrected chi connectivity index (χ2v) is 21.7. The highest BCUT2D eigenvalue weighted by molar-refractivity contribution is 6.76. The molecule has 0 aliphatic rings. The van der Waals surface area contributed by atoms with Gasteiger partial charge in [-0.05, 0) is 39.0 Å². The van der Waals surface area contributed by atoms with Crippen LogP contribution < -0.4 is 0 Å². The number of aryl methyl sites for hydroxylation is 3. The Morgan fingerprint density at radius 3 is 1.82 bits per heavy atom. The number of nitrogens with one attached hydrogen (secondary N) is 1. The molecule has 1 N–H and O–H groups in total. The molecule has 34 heavy (non-hydrogen) atoms. The van der Waals surface area contributed by atoms with Crippen LogP contribution >= 0.6 is 0 Å². The largest absolute Gasteiger partial charge is 0.383 e. The molecule has 192 valence electrons. The molecule has 0 fully saturated rings. The maximum Gasteiger partial charge on any atom is 0.0746 e. The molecule has 8 nitrogen and oxygen atoms in total. The molecule has 0 aromatic carbocycles. The first-order chi connectivity index (χ1) is 15.9. The van der Waals surface area contributed by atoms with Crippen LogP contribution in [0, 0.1) is 20.8 Å². The molecule has 0 unspecified atom stereocenters. The third-order valence-electron chi connectivity index (χ3n) is 4.33. The summed E-state index contributed by atoms with van der Waals surface area (Å²) >= 11 is 0. The third kappa shape index (κ3) is 15.8. The van der Waals surface area contributed by atoms with Gasteiger partial charge >= 0.3 is 0 Å². The Bertz CT molecular complexity index is 895. The van der Waals surface area contributed by atoms with Crippen molar-refractivity contribution in [2.24, 2.45) is 0 Å². The lowest BCUT2D eigenvalue weighted by Crippen LogP contribution is -2.29. The SMILES string of the molecule is Cc1ccn(CCOC[Si](C)(C)C)n1.Cc1ccn[nH]1.Cc1ccnn1CCOC[Si](C)(C)C. The second-order valence-electron chi connectivity index (χ2n) is 10.9. The van der Waals surface area contributed by atoms with E-state index in [-0.39, 0.29) is 0 Å². The first-order valence-corrected chi connectivity index (χ1v) is 19.4. The van der Waals surface area contributed by atoms with Crippen molar-refractivity contribution in [1.82, 2.24) is 29.8 Å². The number of aromatic nitrogens is 6. The molecule has 0 spiro atoms. The van der Waals surface area contributed by atoms with Crippen LogP contribution in [0.25, 0.3) is 0 Å². The molecule has 3 aromatic rings. The lowest BCUT2D eigenvalue weighted by Gasteiger charge is -2.15. The molecule has 0 bridgehead atoms. The summed E-state index contributed by atoms with van der Waals surface area (Å²) in [5.41, 5.74) is 3.37. The average Bonchev–Trinajstić information content (AvgIpc) is 3.46. The predicted molar refractivity (Wildman–Crippen MR) is 146 cm³/mol. The van der Waals surface area contributed by atoms with Gasteiger partial charge in [-0.1, -0.05) is 39.3 Å². The van der Waals surface area contributed by atoms with Gasteiger partial charge in [-0.2, -0.15) is 15.3 Å². The summed E-state index contributed by atoms with van der Waals surface area (Å²) in [6.07, 6.45) is 7.43. The Kier molecular flexibility index (Phi) is 13.3. The molecule has 3 aromatic heterocycles. The molecule has 0 aliphatic carbocycles. The minimum atomic E-state index is -1.04. The number of H-pyrrole nitrogens is 1. The number of rotatable bonds is 10. The van der Waals surface area contributed by atoms with Crippen LogP contribution in [-0.2, 0) is 22.6 Å². The molecule has 0 radical (unpaired) electrons. The van der Waals surface area contributed by atoms with Crippen LogP contribution in [-0.4, -0.2) is 71.6 Å². The molecule has 3 heterocycles. The summed E-state index contributed by atoms with van der Waals surface area (Å²) in [5.74, 6) is 0. The molecule has 0 saturated heterocycles. The second kappa shape index (κ2) is 15.1. The van der Waals surface area contributed by atoms with Crippen molar-refractivity contribution in [3.63, 3.8) is 0 Å². The number of nitrogens with zero attached hydrogens (tertiary/aromatic N) is 5. The van der Waals surface area contributed by atoms with Crippen LogP contribution in [0.2, 0.25) is 39.3 Å². The van der Waals surface area contributed by atoms with Crippen molar-refractivity contribution < 1.29 is 9.47 Å². The van der Waals surface area contributed by atoms with Crippen molar-refractivity contribution in [3.8, 4) is 0 Å². The van der Waals surface area contributed by atoms with Gasteiger partial charge < -0.3 is 9.47 Å². The first kappa shape index (κ1) is 30.0. The molecule has 0 aliphatic heterocycles. The molecule has 0 atom stereocenters. The van der Waals surface area contributed by atoms with Crippen LogP contribution in [0.5, 0.6) is 0 Å². The Balaban J connectivity index is 0.000000274. The van der Waals surface area contributed by atoms with E-state index < -0.39 is 16.1 Å². The molecule has 10 heteroatoms. The fourth-order valence-corrected chi connectivity index (χ4v) is 4.13. The van der Waals surface area contributed by atoms with Gasteiger partial charge in [0.15, 0.2) is 0 Å². The molecule has 0 amide bonds. The third-order valence-corrected chi connectivity index (χ3v) is 6.47. The predicted octanol–water partition coefficient (Wildman–Crippen LogP) is 4.89. The minimum absolute atomic E-state index is 0.769. The van der Waals surface area contributed by atoms with Gasteiger partial charge in [0.1, 0.15) is 0 Å². The summed E-state index contributed by atoms with van der Waals surface area (Å²) in [6, 6.07) is 5.94. The quantitative estimate of drug-likeness (QED) is 0.313. The smallest absolute Gasteiger partial charge is 0.0746 e. The number of hydrogen-bond donors (Lipinski definition) is 1. The number of ether oxygens (including phenoxy) is 2. The van der Waals surface area contributed by atoms with Crippen molar-refractivity contribution in [1.29, 1.82) is 0 Å². The maximum atomic E-state index is 5.63. The van der Waals surface area contributed by atoms with Gasteiger partial charge in [-0.3, -0.25) is 14.5 Å². The molecule has 0 saturated carbocycles. The van der Waals surface area contributed by atoms with Gasteiger partial charge in [-0.25, -0.2) is 0 Å². The van der Waals surface area contributed by atoms with E-state index in [0.29, 0.717) is 0 Å². The fourth-order valence-electron chi connectivity index (χ4n) is 2.61. The molecular weight excluding hydrogens is 460 g/mol. The van der Waals surface area contributed by atoms with Gasteiger partial charge in [0.25, 0.3) is 0 Å². The van der Waals surface area contributed by atoms with Crippen molar-refractivity contribution >= 4 is 16.1 Å². The summed E-state index contributed by atoms with van der Waals surface area (Å²) in [5, 5.41) is 14.9. The van der Waals surface area contributed by atoms with E-state index in [9.17, 15) is 0 Å². The number of aromatic amines is 1. The highest BCUT2D eigenvalue weighted by atomic mass is 28.3. The summed E-state index contributed by atoms with van der Waals surface area (Å²) in [4.78, 5) is 0. The van der Waals surface area contributed by atoms with Crippen molar-refractivity contribution in [2.45, 2.75) is 73.1 Å². The van der Waals surface area contributed by atoms with Crippen LogP contribution in [0.4, 0.5) is 0 Å². The Morgan fingerprint density at radius 1 is 0.824 bits per heavy atom. The Morgan fingerprint density at radius 2 is 1.44 bits per heavy atom. The van der Waals surface area contributed by atoms with Gasteiger partial charge in [-0.15, -0.1) is 0 Å². The average molecular weight is 507 g/mol. The van der Waals surface area contributed by atoms with E-state index in [2.05, 4.69) is 66.6 Å². The van der Waals surface area contributed by atoms with E-state index in [1.807, 2.05) is 53.8 Å². The highest BCUT2D eigenvalue weighted by Crippen LogP contribution is 2.02. The topological polar surface area (TPSA) is 82.8 Å². The van der Waals surface area contributed by atoms with E-state index in [1.54, 1.807) is 6.20 Å². The number of hydrogen-bond acceptors (Lipinski definition) is 5. The summed E-state index contributed by atoms with van der Waals surface area (Å²) in [6.45, 7) is 23.2. The lowest BCUT2D eigenvalue weighted by molar-refractivity contribution is 0.159. The van der Waals surface area contributed by atoms with Crippen molar-refractivity contribution in [3.05, 3.63) is 53.9 Å². The Labute approximate surface area is 208 Å². The van der Waals surface area contributed by atoms with Crippen LogP contribution in [0.3, 0.4) is 0 Å². The van der Waals surface area contributed by atoms with Gasteiger partial charge in [0, 0.05) is 42.4 Å². The van der Waals surface area contributed by atoms with Crippen molar-refractivity contribution in [2.75, 3.05) is 25.7 Å². The zero-order valence-electron chi connectivity index (χ0n) is 22.8. The molecule has 3 rings (SSSR count). The fraction of sp³-hybridized carbons (Fsp3) is 0.625. The Hall–Kier alpha value is -2.02. The maximum absolute atomic E-state index is 5.63. The summed E-state index contributed by atoms with van der Waals surface area (Å²) < 4.78 is 15.1. The van der Waals surface area contributed by atoms with Crippen LogP contribution in [0.15, 0.2) is 36.8 Å². The van der Waals surface area contributed by atoms with E-state index in [0.717, 1.165) is 50.2 Å². The van der Waals surface area contributed by atoms with Gasteiger partial charge in [0.2, 0.25) is 0 Å². The first-order valence-electron chi connectivity index (χ1n) is 12.0. The standard InChI is InChI=1S/2C10H20N2OSi.C4H6N2/c1-10-5-6-12(11-10)7-8-13-9-14(2,3)4;1-10-5-6-11-12(10)7-8-13-9-14(2,3)4;1-4-2-3-5-6-4/h2*5-6H,7-9H2,1-4H3;2-3H,1H3,(H,5,6). The lowest BCUT2D eigenvalue weighted by atomic mass is 10.5. The van der Waals surface area contributed by atoms with E-state index in [4.69, 9.17) is 9.47 Å². The summed E-state index contributed by atoms with van der Waals surface area (Å²) in [7, 11) is -2.09.